The Hall–Kier alpha value is -2.40. The van der Waals surface area contributed by atoms with Crippen molar-refractivity contribution in [1.29, 1.82) is 0 Å². The second-order valence-corrected chi connectivity index (χ2v) is 8.09. The summed E-state index contributed by atoms with van der Waals surface area (Å²) >= 11 is 3.46. The number of nitrogens with zero attached hydrogens (tertiary/aromatic N) is 1. The first-order chi connectivity index (χ1) is 13.0. The zero-order valence-electron chi connectivity index (χ0n) is 15.0. The number of amides is 2. The van der Waals surface area contributed by atoms with E-state index in [9.17, 15) is 9.59 Å². The fourth-order valence-corrected chi connectivity index (χ4v) is 4.05. The van der Waals surface area contributed by atoms with E-state index in [1.807, 2.05) is 42.5 Å². The van der Waals surface area contributed by atoms with Gasteiger partial charge in [0.2, 0.25) is 5.91 Å². The average Bonchev–Trinajstić information content (AvgIpc) is 2.86. The molecule has 4 rings (SSSR count). The number of hydrogen-bond acceptors (Lipinski definition) is 2. The Bertz CT molecular complexity index is 868. The van der Waals surface area contributed by atoms with Crippen LogP contribution in [0.1, 0.15) is 46.8 Å². The molecule has 1 heterocycles. The Kier molecular flexibility index (Phi) is 4.87. The molecule has 1 N–H and O–H groups in total. The van der Waals surface area contributed by atoms with Gasteiger partial charge < -0.3 is 5.32 Å². The number of carbonyl (C=O) groups excluding carboxylic acids is 2. The summed E-state index contributed by atoms with van der Waals surface area (Å²) in [6, 6.07) is 15.4. The van der Waals surface area contributed by atoms with E-state index in [0.717, 1.165) is 28.4 Å². The predicted molar refractivity (Wildman–Crippen MR) is 109 cm³/mol. The van der Waals surface area contributed by atoms with E-state index in [1.54, 1.807) is 6.07 Å². The van der Waals surface area contributed by atoms with Gasteiger partial charge in [-0.15, -0.1) is 0 Å². The van der Waals surface area contributed by atoms with Crippen LogP contribution in [0.25, 0.3) is 5.70 Å². The normalized spacial score (nSPS) is 17.4. The van der Waals surface area contributed by atoms with E-state index in [-0.39, 0.29) is 24.4 Å². The summed E-state index contributed by atoms with van der Waals surface area (Å²) < 4.78 is 1.02. The standard InChI is InChI=1S/C22H21BrN2O2/c1-14-18-7-2-3-8-19(18)22(27)25(14)13-20(26)24-21(15-5-4-6-15)16-9-11-17(23)12-10-16/h2-3,7-12,15,21H,1,4-6,13H2,(H,24,26)/t21-/m1/s1. The molecule has 1 atom stereocenters. The highest BCUT2D eigenvalue weighted by Crippen LogP contribution is 2.38. The van der Waals surface area contributed by atoms with E-state index < -0.39 is 0 Å². The molecule has 1 fully saturated rings. The number of nitrogens with one attached hydrogen (secondary N) is 1. The maximum atomic E-state index is 12.8. The molecule has 0 unspecified atom stereocenters. The molecule has 0 spiro atoms. The van der Waals surface area contributed by atoms with Gasteiger partial charge in [0.1, 0.15) is 6.54 Å². The van der Waals surface area contributed by atoms with Gasteiger partial charge in [0.15, 0.2) is 0 Å². The van der Waals surface area contributed by atoms with Gasteiger partial charge in [0.25, 0.3) is 5.91 Å². The van der Waals surface area contributed by atoms with Gasteiger partial charge in [-0.05, 0) is 42.5 Å². The first-order valence-corrected chi connectivity index (χ1v) is 9.99. The molecular weight excluding hydrogens is 404 g/mol. The van der Waals surface area contributed by atoms with E-state index >= 15 is 0 Å². The predicted octanol–water partition coefficient (Wildman–Crippen LogP) is 4.53. The highest BCUT2D eigenvalue weighted by molar-refractivity contribution is 9.10. The lowest BCUT2D eigenvalue weighted by atomic mass is 9.77. The van der Waals surface area contributed by atoms with Crippen molar-refractivity contribution in [2.24, 2.45) is 5.92 Å². The molecule has 2 aromatic rings. The van der Waals surface area contributed by atoms with Gasteiger partial charge in [-0.3, -0.25) is 14.5 Å². The molecule has 0 radical (unpaired) electrons. The molecule has 1 aliphatic carbocycles. The molecule has 0 aromatic heterocycles. The zero-order chi connectivity index (χ0) is 19.0. The van der Waals surface area contributed by atoms with Crippen LogP contribution in [-0.2, 0) is 4.79 Å². The highest BCUT2D eigenvalue weighted by Gasteiger charge is 2.34. The smallest absolute Gasteiger partial charge is 0.259 e. The third-order valence-corrected chi connectivity index (χ3v) is 6.04. The van der Waals surface area contributed by atoms with Crippen LogP contribution in [0.5, 0.6) is 0 Å². The quantitative estimate of drug-likeness (QED) is 0.765. The van der Waals surface area contributed by atoms with Crippen molar-refractivity contribution in [2.75, 3.05) is 6.54 Å². The van der Waals surface area contributed by atoms with Crippen molar-refractivity contribution in [3.63, 3.8) is 0 Å². The molecule has 0 bridgehead atoms. The molecule has 1 aliphatic heterocycles. The van der Waals surface area contributed by atoms with Gasteiger partial charge in [-0.1, -0.05) is 59.3 Å². The lowest BCUT2D eigenvalue weighted by Gasteiger charge is -2.35. The summed E-state index contributed by atoms with van der Waals surface area (Å²) in [4.78, 5) is 26.9. The van der Waals surface area contributed by atoms with Crippen LogP contribution in [0.3, 0.4) is 0 Å². The first-order valence-electron chi connectivity index (χ1n) is 9.19. The monoisotopic (exact) mass is 424 g/mol. The minimum Gasteiger partial charge on any atom is -0.347 e. The molecule has 2 aliphatic rings. The summed E-state index contributed by atoms with van der Waals surface area (Å²) in [5, 5.41) is 3.16. The fourth-order valence-electron chi connectivity index (χ4n) is 3.78. The SMILES string of the molecule is C=C1c2ccccc2C(=O)N1CC(=O)N[C@@H](c1ccc(Br)cc1)C1CCC1. The van der Waals surface area contributed by atoms with Gasteiger partial charge in [-0.2, -0.15) is 0 Å². The Morgan fingerprint density at radius 3 is 2.41 bits per heavy atom. The number of rotatable bonds is 5. The maximum Gasteiger partial charge on any atom is 0.259 e. The minimum absolute atomic E-state index is 0.00784. The van der Waals surface area contributed by atoms with E-state index in [4.69, 9.17) is 0 Å². The van der Waals surface area contributed by atoms with Crippen molar-refractivity contribution >= 4 is 33.4 Å². The Labute approximate surface area is 167 Å². The molecular formula is C22H21BrN2O2. The van der Waals surface area contributed by atoms with Crippen LogP contribution >= 0.6 is 15.9 Å². The van der Waals surface area contributed by atoms with Crippen molar-refractivity contribution in [3.8, 4) is 0 Å². The number of benzene rings is 2. The molecule has 27 heavy (non-hydrogen) atoms. The summed E-state index contributed by atoms with van der Waals surface area (Å²) in [6.07, 6.45) is 3.42. The molecule has 138 valence electrons. The zero-order valence-corrected chi connectivity index (χ0v) is 16.5. The maximum absolute atomic E-state index is 12.8. The summed E-state index contributed by atoms with van der Waals surface area (Å²) in [6.45, 7) is 4.00. The molecule has 4 nitrogen and oxygen atoms in total. The van der Waals surface area contributed by atoms with Crippen molar-refractivity contribution in [2.45, 2.75) is 25.3 Å². The molecule has 2 amide bonds. The molecule has 0 saturated heterocycles. The summed E-state index contributed by atoms with van der Waals surface area (Å²) in [7, 11) is 0. The Morgan fingerprint density at radius 2 is 1.81 bits per heavy atom. The number of hydrogen-bond donors (Lipinski definition) is 1. The lowest BCUT2D eigenvalue weighted by molar-refractivity contribution is -0.122. The van der Waals surface area contributed by atoms with E-state index in [2.05, 4.69) is 27.8 Å². The number of fused-ring (bicyclic) bond motifs is 1. The van der Waals surface area contributed by atoms with Crippen molar-refractivity contribution < 1.29 is 9.59 Å². The topological polar surface area (TPSA) is 49.4 Å². The summed E-state index contributed by atoms with van der Waals surface area (Å²) in [5.74, 6) is 0.136. The second kappa shape index (κ2) is 7.31. The van der Waals surface area contributed by atoms with Crippen LogP contribution < -0.4 is 5.32 Å². The largest absolute Gasteiger partial charge is 0.347 e. The van der Waals surface area contributed by atoms with Crippen LogP contribution in [0, 0.1) is 5.92 Å². The average molecular weight is 425 g/mol. The van der Waals surface area contributed by atoms with Gasteiger partial charge >= 0.3 is 0 Å². The lowest BCUT2D eigenvalue weighted by Crippen LogP contribution is -2.42. The Balaban J connectivity index is 1.48. The third kappa shape index (κ3) is 3.44. The van der Waals surface area contributed by atoms with Crippen LogP contribution in [-0.4, -0.2) is 23.3 Å². The van der Waals surface area contributed by atoms with Gasteiger partial charge in [-0.25, -0.2) is 0 Å². The molecule has 1 saturated carbocycles. The fraction of sp³-hybridized carbons (Fsp3) is 0.273. The highest BCUT2D eigenvalue weighted by atomic mass is 79.9. The second-order valence-electron chi connectivity index (χ2n) is 7.17. The van der Waals surface area contributed by atoms with Crippen LogP contribution in [0.4, 0.5) is 0 Å². The molecule has 5 heteroatoms. The minimum atomic E-state index is -0.158. The van der Waals surface area contributed by atoms with E-state index in [0.29, 0.717) is 17.2 Å². The number of carbonyl (C=O) groups is 2. The number of halogens is 1. The van der Waals surface area contributed by atoms with Crippen LogP contribution in [0.2, 0.25) is 0 Å². The van der Waals surface area contributed by atoms with Crippen molar-refractivity contribution in [3.05, 3.63) is 76.3 Å². The van der Waals surface area contributed by atoms with Crippen LogP contribution in [0.15, 0.2) is 59.6 Å². The first kappa shape index (κ1) is 18.0. The van der Waals surface area contributed by atoms with Gasteiger partial charge in [0, 0.05) is 21.3 Å². The third-order valence-electron chi connectivity index (χ3n) is 5.51. The van der Waals surface area contributed by atoms with Gasteiger partial charge in [0.05, 0.1) is 6.04 Å². The van der Waals surface area contributed by atoms with Crippen molar-refractivity contribution in [1.82, 2.24) is 10.2 Å². The van der Waals surface area contributed by atoms with E-state index in [1.165, 1.54) is 11.3 Å². The molecule has 2 aromatic carbocycles. The summed E-state index contributed by atoms with van der Waals surface area (Å²) in [5.41, 5.74) is 3.11. The Morgan fingerprint density at radius 1 is 1.15 bits per heavy atom.